The Balaban J connectivity index is 2.20. The molecule has 0 atom stereocenters. The molecule has 0 unspecified atom stereocenters. The first-order valence-electron chi connectivity index (χ1n) is 5.38. The van der Waals surface area contributed by atoms with E-state index in [-0.39, 0.29) is 0 Å². The van der Waals surface area contributed by atoms with Crippen molar-refractivity contribution in [3.05, 3.63) is 34.5 Å². The largest absolute Gasteiger partial charge is 0.397 e. The predicted molar refractivity (Wildman–Crippen MR) is 69.7 cm³/mol. The molecular weight excluding hydrogens is 218 g/mol. The van der Waals surface area contributed by atoms with Gasteiger partial charge in [0.1, 0.15) is 5.04 Å². The van der Waals surface area contributed by atoms with Crippen molar-refractivity contribution >= 4 is 28.6 Å². The summed E-state index contributed by atoms with van der Waals surface area (Å²) in [5.41, 5.74) is 7.89. The smallest absolute Gasteiger partial charge is 0.114 e. The van der Waals surface area contributed by atoms with E-state index in [2.05, 4.69) is 28.2 Å². The molecule has 0 saturated heterocycles. The van der Waals surface area contributed by atoms with Crippen LogP contribution in [-0.4, -0.2) is 22.3 Å². The highest BCUT2D eigenvalue weighted by Gasteiger charge is 2.11. The van der Waals surface area contributed by atoms with Crippen molar-refractivity contribution < 1.29 is 0 Å². The summed E-state index contributed by atoms with van der Waals surface area (Å²) in [6.45, 7) is 0.923. The Hall–Kier alpha value is -1.42. The molecule has 0 bridgehead atoms. The van der Waals surface area contributed by atoms with Gasteiger partial charge in [0.2, 0.25) is 0 Å². The van der Waals surface area contributed by atoms with Gasteiger partial charge in [0.25, 0.3) is 0 Å². The van der Waals surface area contributed by atoms with E-state index in [1.807, 2.05) is 6.08 Å². The zero-order valence-electron chi connectivity index (χ0n) is 8.86. The molecule has 1 aromatic heterocycles. The van der Waals surface area contributed by atoms with E-state index in [0.29, 0.717) is 0 Å². The lowest BCUT2D eigenvalue weighted by Crippen LogP contribution is -2.27. The fourth-order valence-electron chi connectivity index (χ4n) is 1.96. The standard InChI is InChI=1S/C12H13N3S/c13-9-4-2-1-3-8-7-10(15-11(8)9)12-14-5-6-16-12/h2-4,7,15H,1,5-6,13H2. The topological polar surface area (TPSA) is 54.2 Å². The third-order valence-corrected chi connectivity index (χ3v) is 3.73. The Morgan fingerprint density at radius 3 is 3.19 bits per heavy atom. The number of nitrogens with zero attached hydrogens (tertiary/aromatic N) is 1. The minimum atomic E-state index is 0.804. The lowest BCUT2D eigenvalue weighted by Gasteiger charge is -1.93. The highest BCUT2D eigenvalue weighted by molar-refractivity contribution is 8.14. The number of aromatic nitrogens is 1. The lowest BCUT2D eigenvalue weighted by atomic mass is 10.3. The first-order chi connectivity index (χ1) is 7.84. The molecule has 0 amide bonds. The van der Waals surface area contributed by atoms with Gasteiger partial charge in [0.05, 0.1) is 16.7 Å². The van der Waals surface area contributed by atoms with E-state index in [0.717, 1.165) is 40.5 Å². The van der Waals surface area contributed by atoms with Gasteiger partial charge in [-0.15, -0.1) is 11.8 Å². The number of hydrogen-bond donors (Lipinski definition) is 2. The summed E-state index contributed by atoms with van der Waals surface area (Å²) in [5, 5.41) is 3.32. The van der Waals surface area contributed by atoms with Crippen LogP contribution in [0.25, 0.3) is 11.8 Å². The Labute approximate surface area is 97.8 Å². The van der Waals surface area contributed by atoms with Gasteiger partial charge >= 0.3 is 0 Å². The molecule has 0 fully saturated rings. The summed E-state index contributed by atoms with van der Waals surface area (Å²) in [6, 6.07) is 2.15. The van der Waals surface area contributed by atoms with E-state index in [1.165, 1.54) is 5.22 Å². The van der Waals surface area contributed by atoms with Crippen molar-refractivity contribution in [3.63, 3.8) is 0 Å². The minimum Gasteiger partial charge on any atom is -0.397 e. The molecule has 0 spiro atoms. The first kappa shape index (κ1) is 9.78. The summed E-state index contributed by atoms with van der Waals surface area (Å²) in [4.78, 5) is 7.83. The maximum absolute atomic E-state index is 5.99. The van der Waals surface area contributed by atoms with Crippen molar-refractivity contribution in [1.82, 2.24) is 4.98 Å². The van der Waals surface area contributed by atoms with Crippen LogP contribution in [-0.2, 0) is 0 Å². The van der Waals surface area contributed by atoms with Crippen molar-refractivity contribution in [2.24, 2.45) is 10.7 Å². The molecule has 2 heterocycles. The number of H-pyrrole nitrogens is 1. The van der Waals surface area contributed by atoms with Gasteiger partial charge in [-0.25, -0.2) is 0 Å². The van der Waals surface area contributed by atoms with Crippen LogP contribution in [0.2, 0.25) is 0 Å². The summed E-state index contributed by atoms with van der Waals surface area (Å²) < 4.78 is 0. The number of hydrogen-bond acceptors (Lipinski definition) is 3. The van der Waals surface area contributed by atoms with Crippen LogP contribution in [0.15, 0.2) is 23.2 Å². The van der Waals surface area contributed by atoms with Crippen molar-refractivity contribution in [2.45, 2.75) is 6.42 Å². The van der Waals surface area contributed by atoms with Gasteiger partial charge < -0.3 is 10.7 Å². The molecule has 1 aliphatic heterocycles. The number of nitrogens with two attached hydrogens (primary N) is 1. The maximum Gasteiger partial charge on any atom is 0.114 e. The first-order valence-corrected chi connectivity index (χ1v) is 6.36. The van der Waals surface area contributed by atoms with E-state index in [1.54, 1.807) is 11.8 Å². The van der Waals surface area contributed by atoms with Crippen LogP contribution in [0.4, 0.5) is 0 Å². The Morgan fingerprint density at radius 1 is 1.44 bits per heavy atom. The number of allylic oxidation sites excluding steroid dienone is 1. The normalized spacial score (nSPS) is 19.0. The highest BCUT2D eigenvalue weighted by atomic mass is 32.2. The molecule has 1 aromatic rings. The average Bonchev–Trinajstić information content (AvgIpc) is 2.90. The third kappa shape index (κ3) is 1.59. The molecule has 0 aromatic carbocycles. The van der Waals surface area contributed by atoms with Crippen LogP contribution in [0.1, 0.15) is 12.1 Å². The number of thioether (sulfide) groups is 1. The van der Waals surface area contributed by atoms with Gasteiger partial charge in [0, 0.05) is 12.3 Å². The van der Waals surface area contributed by atoms with Crippen molar-refractivity contribution in [3.8, 4) is 0 Å². The van der Waals surface area contributed by atoms with Crippen LogP contribution in [0, 0.1) is 0 Å². The van der Waals surface area contributed by atoms with Crippen LogP contribution in [0.3, 0.4) is 0 Å². The average molecular weight is 231 g/mol. The van der Waals surface area contributed by atoms with Crippen LogP contribution < -0.4 is 16.3 Å². The summed E-state index contributed by atoms with van der Waals surface area (Å²) in [5.74, 6) is 1.09. The molecule has 1 aliphatic carbocycles. The number of aliphatic imine (C=N–C) groups is 1. The Kier molecular flexibility index (Phi) is 2.36. The molecule has 3 N–H and O–H groups in total. The molecule has 0 saturated carbocycles. The molecule has 16 heavy (non-hydrogen) atoms. The number of aromatic amines is 1. The Bertz CT molecular complexity index is 592. The van der Waals surface area contributed by atoms with Gasteiger partial charge in [-0.1, -0.05) is 12.2 Å². The van der Waals surface area contributed by atoms with Gasteiger partial charge in [0.15, 0.2) is 0 Å². The monoisotopic (exact) mass is 231 g/mol. The van der Waals surface area contributed by atoms with Crippen molar-refractivity contribution in [2.75, 3.05) is 12.3 Å². The molecule has 4 heteroatoms. The molecule has 82 valence electrons. The number of rotatable bonds is 1. The molecular formula is C12H13N3S. The zero-order valence-corrected chi connectivity index (χ0v) is 9.68. The predicted octanol–water partition coefficient (Wildman–Crippen LogP) is 0.315. The fourth-order valence-corrected chi connectivity index (χ4v) is 2.78. The minimum absolute atomic E-state index is 0.804. The molecule has 0 radical (unpaired) electrons. The van der Waals surface area contributed by atoms with E-state index < -0.39 is 0 Å². The molecule has 3 rings (SSSR count). The van der Waals surface area contributed by atoms with E-state index >= 15 is 0 Å². The second-order valence-electron chi connectivity index (χ2n) is 3.85. The quantitative estimate of drug-likeness (QED) is 0.731. The molecule has 3 nitrogen and oxygen atoms in total. The third-order valence-electron chi connectivity index (χ3n) is 2.72. The van der Waals surface area contributed by atoms with Gasteiger partial charge in [-0.05, 0) is 23.8 Å². The van der Waals surface area contributed by atoms with E-state index in [4.69, 9.17) is 5.73 Å². The van der Waals surface area contributed by atoms with Gasteiger partial charge in [-0.3, -0.25) is 4.99 Å². The maximum atomic E-state index is 5.99. The molecule has 2 aliphatic rings. The van der Waals surface area contributed by atoms with Crippen LogP contribution >= 0.6 is 11.8 Å². The summed E-state index contributed by atoms with van der Waals surface area (Å²) in [6.07, 6.45) is 7.16. The Morgan fingerprint density at radius 2 is 2.38 bits per heavy atom. The zero-order chi connectivity index (χ0) is 11.0. The number of fused-ring (bicyclic) bond motifs is 1. The summed E-state index contributed by atoms with van der Waals surface area (Å²) >= 11 is 1.80. The lowest BCUT2D eigenvalue weighted by molar-refractivity contribution is 1.17. The second kappa shape index (κ2) is 3.87. The summed E-state index contributed by atoms with van der Waals surface area (Å²) in [7, 11) is 0. The second-order valence-corrected chi connectivity index (χ2v) is 4.93. The van der Waals surface area contributed by atoms with E-state index in [9.17, 15) is 0 Å². The van der Waals surface area contributed by atoms with Crippen molar-refractivity contribution in [1.29, 1.82) is 0 Å². The van der Waals surface area contributed by atoms with Gasteiger partial charge in [-0.2, -0.15) is 0 Å². The van der Waals surface area contributed by atoms with Crippen LogP contribution in [0.5, 0.6) is 0 Å². The highest BCUT2D eigenvalue weighted by Crippen LogP contribution is 2.16. The SMILES string of the molecule is NC1=c2[nH]c(C3=NCCS3)cc2=CCC=C1. The number of nitrogens with one attached hydrogen (secondary N) is 1. The fraction of sp³-hybridized carbons (Fsp3) is 0.250.